The Morgan fingerprint density at radius 1 is 0.271 bits per heavy atom. The van der Waals surface area contributed by atoms with Gasteiger partial charge in [-0.1, -0.05) is 72.8 Å². The number of nitriles is 2. The van der Waals surface area contributed by atoms with E-state index in [1.807, 2.05) is 6.07 Å². The summed E-state index contributed by atoms with van der Waals surface area (Å²) in [5.74, 6) is 0. The van der Waals surface area contributed by atoms with Crippen LogP contribution in [-0.4, -0.2) is 9.13 Å². The van der Waals surface area contributed by atoms with E-state index in [9.17, 15) is 76.4 Å². The third-order valence-electron chi connectivity index (χ3n) is 17.2. The summed E-state index contributed by atoms with van der Waals surface area (Å²) in [6, 6.07) is 49.7. The van der Waals surface area contributed by atoms with Gasteiger partial charge in [-0.2, -0.15) is 76.4 Å². The Kier molecular flexibility index (Phi) is 15.2. The van der Waals surface area contributed by atoms with Crippen LogP contribution in [0.3, 0.4) is 0 Å². The van der Waals surface area contributed by atoms with Gasteiger partial charge in [0.05, 0.1) is 84.5 Å². The summed E-state index contributed by atoms with van der Waals surface area (Å²) < 4.78 is 221. The average Bonchev–Trinajstić information content (AvgIpc) is 1.52. The fraction of sp³-hybridized carbons (Fsp3) is 0.117. The van der Waals surface area contributed by atoms with Gasteiger partial charge in [0.2, 0.25) is 0 Å². The van der Waals surface area contributed by atoms with E-state index in [0.717, 1.165) is 60.7 Å². The lowest BCUT2D eigenvalue weighted by molar-refractivity contribution is -0.138. The van der Waals surface area contributed by atoms with Crippen molar-refractivity contribution in [2.45, 2.75) is 58.6 Å². The molecule has 96 heavy (non-hydrogen) atoms. The smallest absolute Gasteiger partial charge is 0.309 e. The van der Waals surface area contributed by atoms with Gasteiger partial charge in [-0.05, 0) is 227 Å². The standard InChI is InChI=1S/C77H45F15N4/c1-40-21-49(29-55(25-40)74(81,82)83)44-11-17-65-61(34-44)62-35-45(50-22-41(2)26-56(30-50)75(84,85)86)12-18-66(62)95(65)69-9-5-7-48(38-93)71(69)72-60(59-16-15-54(73(78,79)80)33-53(59)39-94)8-6-10-70(72)96-67-19-13-46(51-23-42(3)27-57(31-51)76(87,88)89)36-63(67)64-37-47(14-20-68(64)96)52-24-43(4)28-58(32-52)77(90,91)92/h5-37H,1-4H3. The van der Waals surface area contributed by atoms with Crippen LogP contribution in [0.15, 0.2) is 200 Å². The zero-order chi connectivity index (χ0) is 68.5. The number of fused-ring (bicyclic) bond motifs is 6. The lowest BCUT2D eigenvalue weighted by atomic mass is 9.87. The maximum absolute atomic E-state index is 14.6. The largest absolute Gasteiger partial charge is 0.416 e. The molecular formula is C77H45F15N4. The third-order valence-corrected chi connectivity index (χ3v) is 17.2. The molecule has 0 spiro atoms. The number of benzene rings is 11. The molecule has 4 nitrogen and oxygen atoms in total. The minimum Gasteiger partial charge on any atom is -0.309 e. The minimum atomic E-state index is -4.92. The van der Waals surface area contributed by atoms with E-state index < -0.39 is 64.3 Å². The molecule has 478 valence electrons. The van der Waals surface area contributed by atoms with Crippen molar-refractivity contribution in [3.8, 4) is 90.3 Å². The van der Waals surface area contributed by atoms with Crippen LogP contribution in [0.2, 0.25) is 0 Å². The maximum Gasteiger partial charge on any atom is 0.416 e. The van der Waals surface area contributed by atoms with Crippen LogP contribution in [0.5, 0.6) is 0 Å². The number of alkyl halides is 15. The molecule has 0 amide bonds. The Morgan fingerprint density at radius 2 is 0.583 bits per heavy atom. The maximum atomic E-state index is 14.6. The zero-order valence-corrected chi connectivity index (χ0v) is 50.5. The average molecular weight is 1310 g/mol. The summed E-state index contributed by atoms with van der Waals surface area (Å²) in [4.78, 5) is 0. The second kappa shape index (κ2) is 22.9. The van der Waals surface area contributed by atoms with E-state index >= 15 is 0 Å². The van der Waals surface area contributed by atoms with Crippen molar-refractivity contribution in [1.29, 1.82) is 10.5 Å². The molecule has 19 heteroatoms. The highest BCUT2D eigenvalue weighted by atomic mass is 19.4. The molecule has 0 saturated heterocycles. The van der Waals surface area contributed by atoms with E-state index in [4.69, 9.17) is 0 Å². The first kappa shape index (κ1) is 63.7. The van der Waals surface area contributed by atoms with Gasteiger partial charge in [-0.3, -0.25) is 0 Å². The highest BCUT2D eigenvalue weighted by Gasteiger charge is 2.36. The number of halogens is 15. The van der Waals surface area contributed by atoms with Crippen LogP contribution >= 0.6 is 0 Å². The molecule has 0 atom stereocenters. The summed E-state index contributed by atoms with van der Waals surface area (Å²) in [5, 5.41) is 23.8. The molecule has 0 radical (unpaired) electrons. The van der Waals surface area contributed by atoms with Crippen LogP contribution in [0, 0.1) is 50.4 Å². The Morgan fingerprint density at radius 3 is 0.896 bits per heavy atom. The summed E-state index contributed by atoms with van der Waals surface area (Å²) in [6.45, 7) is 6.01. The highest BCUT2D eigenvalue weighted by molar-refractivity contribution is 6.15. The van der Waals surface area contributed by atoms with E-state index in [0.29, 0.717) is 71.9 Å². The van der Waals surface area contributed by atoms with Gasteiger partial charge in [0.1, 0.15) is 0 Å². The van der Waals surface area contributed by atoms with Crippen LogP contribution < -0.4 is 0 Å². The molecule has 0 bridgehead atoms. The zero-order valence-electron chi connectivity index (χ0n) is 50.5. The van der Waals surface area contributed by atoms with Crippen LogP contribution in [-0.2, 0) is 30.9 Å². The summed E-state index contributed by atoms with van der Waals surface area (Å²) in [6.07, 6.45) is -23.9. The van der Waals surface area contributed by atoms with Gasteiger partial charge in [-0.25, -0.2) is 0 Å². The van der Waals surface area contributed by atoms with E-state index in [2.05, 4.69) is 6.07 Å². The van der Waals surface area contributed by atoms with Crippen molar-refractivity contribution in [1.82, 2.24) is 9.13 Å². The molecule has 13 rings (SSSR count). The molecule has 0 saturated carbocycles. The van der Waals surface area contributed by atoms with Gasteiger partial charge in [0.15, 0.2) is 0 Å². The van der Waals surface area contributed by atoms with Crippen LogP contribution in [0.1, 0.15) is 61.2 Å². The summed E-state index contributed by atoms with van der Waals surface area (Å²) >= 11 is 0. The minimum absolute atomic E-state index is 0.0458. The summed E-state index contributed by atoms with van der Waals surface area (Å²) in [7, 11) is 0. The van der Waals surface area contributed by atoms with Crippen molar-refractivity contribution in [3.05, 3.63) is 261 Å². The van der Waals surface area contributed by atoms with Crippen LogP contribution in [0.25, 0.3) is 122 Å². The van der Waals surface area contributed by atoms with E-state index in [1.165, 1.54) is 39.8 Å². The van der Waals surface area contributed by atoms with Gasteiger partial charge in [0, 0.05) is 38.2 Å². The number of hydrogen-bond acceptors (Lipinski definition) is 2. The Balaban J connectivity index is 1.16. The Bertz CT molecular complexity index is 5240. The molecule has 0 fully saturated rings. The second-order valence-electron chi connectivity index (χ2n) is 23.8. The molecule has 0 unspecified atom stereocenters. The van der Waals surface area contributed by atoms with Gasteiger partial charge in [-0.15, -0.1) is 0 Å². The third kappa shape index (κ3) is 11.5. The molecule has 0 N–H and O–H groups in total. The number of aryl methyl sites for hydroxylation is 4. The Hall–Kier alpha value is -11.1. The fourth-order valence-electron chi connectivity index (χ4n) is 13.1. The number of nitrogens with zero attached hydrogens (tertiary/aromatic N) is 4. The first-order chi connectivity index (χ1) is 45.2. The predicted molar refractivity (Wildman–Crippen MR) is 341 cm³/mol. The molecule has 2 aromatic heterocycles. The molecule has 0 aliphatic heterocycles. The van der Waals surface area contributed by atoms with E-state index in [-0.39, 0.29) is 83.7 Å². The van der Waals surface area contributed by atoms with Crippen molar-refractivity contribution in [3.63, 3.8) is 0 Å². The lowest BCUT2D eigenvalue weighted by Gasteiger charge is -2.23. The topological polar surface area (TPSA) is 57.4 Å². The van der Waals surface area contributed by atoms with Crippen molar-refractivity contribution in [2.75, 3.05) is 0 Å². The van der Waals surface area contributed by atoms with Crippen molar-refractivity contribution in [2.24, 2.45) is 0 Å². The quantitative estimate of drug-likeness (QED) is 0.142. The molecule has 2 heterocycles. The molecule has 0 aliphatic carbocycles. The first-order valence-electron chi connectivity index (χ1n) is 29.5. The monoisotopic (exact) mass is 1310 g/mol. The van der Waals surface area contributed by atoms with Gasteiger partial charge in [0.25, 0.3) is 0 Å². The number of hydrogen-bond donors (Lipinski definition) is 0. The normalized spacial score (nSPS) is 12.5. The van der Waals surface area contributed by atoms with Gasteiger partial charge >= 0.3 is 30.9 Å². The first-order valence-corrected chi connectivity index (χ1v) is 29.5. The van der Waals surface area contributed by atoms with E-state index in [1.54, 1.807) is 130 Å². The van der Waals surface area contributed by atoms with Crippen molar-refractivity contribution >= 4 is 43.6 Å². The molecule has 13 aromatic rings. The second-order valence-corrected chi connectivity index (χ2v) is 23.8. The van der Waals surface area contributed by atoms with Crippen molar-refractivity contribution < 1.29 is 65.9 Å². The lowest BCUT2D eigenvalue weighted by Crippen LogP contribution is -2.07. The highest BCUT2D eigenvalue weighted by Crippen LogP contribution is 2.50. The molecular weight excluding hydrogens is 1270 g/mol. The molecule has 0 aliphatic rings. The van der Waals surface area contributed by atoms with Crippen LogP contribution in [0.4, 0.5) is 65.9 Å². The Labute approximate surface area is 537 Å². The number of aromatic nitrogens is 2. The summed E-state index contributed by atoms with van der Waals surface area (Å²) in [5.41, 5.74) is -0.374. The number of rotatable bonds is 8. The van der Waals surface area contributed by atoms with Gasteiger partial charge < -0.3 is 9.13 Å². The molecule has 11 aromatic carbocycles. The predicted octanol–water partition coefficient (Wildman–Crippen LogP) is 24.0. The SMILES string of the molecule is Cc1cc(-c2ccc3c(c2)c2cc(-c4cc(C)cc(C(F)(F)F)c4)ccc2n3-c2cccc(C#N)c2-c2c(-c3ccc(C(F)(F)F)cc3C#N)cccc2-n2c3ccc(-c4cc(C)cc(C(F)(F)F)c4)cc3c3cc(-c4cc(C)cc(C(F)(F)F)c4)ccc32)cc(C(F)(F)F)c1. The fourth-order valence-corrected chi connectivity index (χ4v) is 13.1.